The summed E-state index contributed by atoms with van der Waals surface area (Å²) in [5.74, 6) is -0.702. The molecule has 0 aliphatic heterocycles. The number of aliphatic hydroxyl groups excluding tert-OH is 1. The second-order valence-electron chi connectivity index (χ2n) is 2.43. The maximum atomic E-state index is 9.53. The molecule has 0 bridgehead atoms. The number of aliphatic hydroxyl groups is 1. The van der Waals surface area contributed by atoms with E-state index in [4.69, 9.17) is 13.6 Å². The third-order valence-electron chi connectivity index (χ3n) is 1.38. The molecule has 80 valence electrons. The average Bonchev–Trinajstić information content (AvgIpc) is 2.05. The molecule has 0 aliphatic carbocycles. The quantitative estimate of drug-likeness (QED) is 0.656. The molecular formula is C8H20O4P+. The first-order valence-corrected chi connectivity index (χ1v) is 6.24. The Bertz CT molecular complexity index is 112. The van der Waals surface area contributed by atoms with E-state index in [2.05, 4.69) is 0 Å². The fraction of sp³-hybridized carbons (Fsp3) is 1.00. The molecule has 1 unspecified atom stereocenters. The van der Waals surface area contributed by atoms with Crippen molar-refractivity contribution in [2.75, 3.05) is 19.8 Å². The molecule has 0 amide bonds. The van der Waals surface area contributed by atoms with E-state index < -0.39 is 13.8 Å². The molecule has 5 heteroatoms. The molecule has 0 aromatic rings. The highest BCUT2D eigenvalue weighted by Gasteiger charge is 2.50. The lowest BCUT2D eigenvalue weighted by atomic mass is 10.9. The lowest BCUT2D eigenvalue weighted by Gasteiger charge is -2.22. The Balaban J connectivity index is 4.38. The van der Waals surface area contributed by atoms with Gasteiger partial charge in [-0.05, 0) is 20.8 Å². The Kier molecular flexibility index (Phi) is 6.82. The van der Waals surface area contributed by atoms with Gasteiger partial charge < -0.3 is 5.11 Å². The molecule has 0 spiro atoms. The summed E-state index contributed by atoms with van der Waals surface area (Å²) in [6.07, 6.45) is 0. The molecule has 0 rings (SSSR count). The van der Waals surface area contributed by atoms with Gasteiger partial charge in [-0.25, -0.2) is 0 Å². The standard InChI is InChI=1S/C8H20O4P/c1-5-10-13(8(4)9,11-6-2)12-7-3/h8-9H,5-7H2,1-4H3/q+1. The average molecular weight is 211 g/mol. The lowest BCUT2D eigenvalue weighted by molar-refractivity contribution is 0.103. The van der Waals surface area contributed by atoms with Crippen LogP contribution < -0.4 is 0 Å². The largest absolute Gasteiger partial charge is 0.442 e. The van der Waals surface area contributed by atoms with Crippen molar-refractivity contribution in [3.05, 3.63) is 0 Å². The Morgan fingerprint density at radius 2 is 1.31 bits per heavy atom. The second kappa shape index (κ2) is 6.68. The van der Waals surface area contributed by atoms with Gasteiger partial charge in [-0.3, -0.25) is 0 Å². The van der Waals surface area contributed by atoms with Crippen molar-refractivity contribution in [3.63, 3.8) is 0 Å². The third-order valence-corrected chi connectivity index (χ3v) is 4.15. The molecule has 0 heterocycles. The fourth-order valence-corrected chi connectivity index (χ4v) is 2.93. The number of hydrogen-bond donors (Lipinski definition) is 1. The van der Waals surface area contributed by atoms with Crippen LogP contribution in [0.4, 0.5) is 0 Å². The van der Waals surface area contributed by atoms with Gasteiger partial charge in [0.1, 0.15) is 0 Å². The van der Waals surface area contributed by atoms with Crippen molar-refractivity contribution in [1.82, 2.24) is 0 Å². The van der Waals surface area contributed by atoms with Gasteiger partial charge in [0, 0.05) is 6.92 Å². The van der Waals surface area contributed by atoms with Crippen LogP contribution in [0.25, 0.3) is 0 Å². The van der Waals surface area contributed by atoms with Crippen LogP contribution in [0.1, 0.15) is 27.7 Å². The minimum atomic E-state index is -2.51. The Morgan fingerprint density at radius 3 is 1.46 bits per heavy atom. The monoisotopic (exact) mass is 211 g/mol. The molecule has 0 radical (unpaired) electrons. The molecule has 0 aliphatic rings. The zero-order valence-electron chi connectivity index (χ0n) is 8.82. The molecule has 0 saturated heterocycles. The summed E-state index contributed by atoms with van der Waals surface area (Å²) in [6.45, 7) is 8.66. The first kappa shape index (κ1) is 13.3. The van der Waals surface area contributed by atoms with E-state index in [1.165, 1.54) is 0 Å². The molecule has 1 atom stereocenters. The van der Waals surface area contributed by atoms with Crippen LogP contribution in [0.5, 0.6) is 0 Å². The van der Waals surface area contributed by atoms with Gasteiger partial charge in [0.2, 0.25) is 5.85 Å². The van der Waals surface area contributed by atoms with Gasteiger partial charge in [-0.15, -0.1) is 0 Å². The Morgan fingerprint density at radius 1 is 1.00 bits per heavy atom. The fourth-order valence-electron chi connectivity index (χ4n) is 0.975. The van der Waals surface area contributed by atoms with Crippen molar-refractivity contribution in [2.24, 2.45) is 0 Å². The molecule has 0 saturated carbocycles. The molecule has 13 heavy (non-hydrogen) atoms. The first-order valence-electron chi connectivity index (χ1n) is 4.63. The summed E-state index contributed by atoms with van der Waals surface area (Å²) in [5.41, 5.74) is 0. The Labute approximate surface area is 80.8 Å². The van der Waals surface area contributed by atoms with Gasteiger partial charge in [-0.1, -0.05) is 0 Å². The second-order valence-corrected chi connectivity index (χ2v) is 5.03. The molecule has 4 nitrogen and oxygen atoms in total. The van der Waals surface area contributed by atoms with E-state index in [1.54, 1.807) is 6.92 Å². The van der Waals surface area contributed by atoms with Gasteiger partial charge in [0.15, 0.2) is 0 Å². The molecule has 1 N–H and O–H groups in total. The summed E-state index contributed by atoms with van der Waals surface area (Å²) >= 11 is 0. The van der Waals surface area contributed by atoms with Gasteiger partial charge in [0.25, 0.3) is 0 Å². The topological polar surface area (TPSA) is 47.9 Å². The summed E-state index contributed by atoms with van der Waals surface area (Å²) < 4.78 is 16.2. The van der Waals surface area contributed by atoms with Crippen LogP contribution in [0, 0.1) is 0 Å². The molecule has 0 fully saturated rings. The minimum absolute atomic E-state index is 0.485. The smallest absolute Gasteiger partial charge is 0.353 e. The predicted molar refractivity (Wildman–Crippen MR) is 53.5 cm³/mol. The van der Waals surface area contributed by atoms with Crippen LogP contribution >= 0.6 is 7.94 Å². The molecule has 0 aromatic heterocycles. The highest BCUT2D eigenvalue weighted by Crippen LogP contribution is 2.65. The normalized spacial score (nSPS) is 14.5. The van der Waals surface area contributed by atoms with Gasteiger partial charge >= 0.3 is 7.94 Å². The van der Waals surface area contributed by atoms with Crippen molar-refractivity contribution < 1.29 is 18.7 Å². The third kappa shape index (κ3) is 3.88. The van der Waals surface area contributed by atoms with E-state index >= 15 is 0 Å². The van der Waals surface area contributed by atoms with Crippen LogP contribution in [0.3, 0.4) is 0 Å². The van der Waals surface area contributed by atoms with Crippen molar-refractivity contribution >= 4 is 7.94 Å². The predicted octanol–water partition coefficient (Wildman–Crippen LogP) is 2.20. The molecular weight excluding hydrogens is 191 g/mol. The van der Waals surface area contributed by atoms with Crippen molar-refractivity contribution in [1.29, 1.82) is 0 Å². The number of rotatable bonds is 7. The van der Waals surface area contributed by atoms with E-state index in [1.807, 2.05) is 20.8 Å². The minimum Gasteiger partial charge on any atom is -0.353 e. The zero-order valence-corrected chi connectivity index (χ0v) is 9.71. The van der Waals surface area contributed by atoms with Crippen LogP contribution in [-0.2, 0) is 13.6 Å². The van der Waals surface area contributed by atoms with E-state index in [-0.39, 0.29) is 0 Å². The first-order chi connectivity index (χ1) is 6.13. The van der Waals surface area contributed by atoms with Gasteiger partial charge in [-0.2, -0.15) is 13.6 Å². The van der Waals surface area contributed by atoms with Crippen molar-refractivity contribution in [2.45, 2.75) is 33.5 Å². The summed E-state index contributed by atoms with van der Waals surface area (Å²) in [7, 11) is -2.51. The molecule has 0 aromatic carbocycles. The van der Waals surface area contributed by atoms with E-state index in [9.17, 15) is 5.11 Å². The summed E-state index contributed by atoms with van der Waals surface area (Å²) in [5, 5.41) is 9.53. The van der Waals surface area contributed by atoms with Crippen molar-refractivity contribution in [3.8, 4) is 0 Å². The summed E-state index contributed by atoms with van der Waals surface area (Å²) in [4.78, 5) is 0. The lowest BCUT2D eigenvalue weighted by Crippen LogP contribution is -2.18. The van der Waals surface area contributed by atoms with Gasteiger partial charge in [0.05, 0.1) is 19.8 Å². The van der Waals surface area contributed by atoms with E-state index in [0.717, 1.165) is 0 Å². The highest BCUT2D eigenvalue weighted by atomic mass is 31.2. The highest BCUT2D eigenvalue weighted by molar-refractivity contribution is 7.62. The maximum Gasteiger partial charge on any atom is 0.442 e. The van der Waals surface area contributed by atoms with Crippen LogP contribution in [0.15, 0.2) is 0 Å². The number of hydrogen-bond acceptors (Lipinski definition) is 4. The zero-order chi connectivity index (χ0) is 10.3. The van der Waals surface area contributed by atoms with Crippen LogP contribution in [-0.4, -0.2) is 30.8 Å². The summed E-state index contributed by atoms with van der Waals surface area (Å²) in [6, 6.07) is 0. The van der Waals surface area contributed by atoms with Crippen LogP contribution in [0.2, 0.25) is 0 Å². The maximum absolute atomic E-state index is 9.53. The SMILES string of the molecule is CCO[P+](OCC)(OCC)C(C)O. The van der Waals surface area contributed by atoms with E-state index in [0.29, 0.717) is 19.8 Å². The Hall–Kier alpha value is 0.270.